The van der Waals surface area contributed by atoms with Crippen molar-refractivity contribution in [1.82, 2.24) is 15.1 Å². The van der Waals surface area contributed by atoms with Gasteiger partial charge in [0.15, 0.2) is 0 Å². The highest BCUT2D eigenvalue weighted by Gasteiger charge is 2.26. The minimum Gasteiger partial charge on any atom is -0.437 e. The van der Waals surface area contributed by atoms with Gasteiger partial charge in [0.25, 0.3) is 0 Å². The van der Waals surface area contributed by atoms with Gasteiger partial charge in [-0.3, -0.25) is 4.98 Å². The molecular formula is C25H33BClN3O. The smallest absolute Gasteiger partial charge is 0.373 e. The first kappa shape index (κ1) is 22.5. The molecule has 2 N–H and O–H groups in total. The number of pyridine rings is 1. The number of piperidine rings is 1. The first-order chi connectivity index (χ1) is 14.9. The van der Waals surface area contributed by atoms with Crippen molar-refractivity contribution in [1.29, 1.82) is 0 Å². The van der Waals surface area contributed by atoms with Crippen molar-refractivity contribution in [2.45, 2.75) is 58.8 Å². The second-order valence-corrected chi connectivity index (χ2v) is 9.49. The normalized spacial score (nSPS) is 17.7. The Labute approximate surface area is 191 Å². The Bertz CT molecular complexity index is 910. The van der Waals surface area contributed by atoms with Gasteiger partial charge in [0.05, 0.1) is 5.69 Å². The maximum absolute atomic E-state index is 9.69. The molecule has 1 saturated heterocycles. The van der Waals surface area contributed by atoms with Crippen molar-refractivity contribution in [3.8, 4) is 0 Å². The topological polar surface area (TPSA) is 48.4 Å². The van der Waals surface area contributed by atoms with Gasteiger partial charge >= 0.3 is 7.05 Å². The molecule has 0 amide bonds. The summed E-state index contributed by atoms with van der Waals surface area (Å²) in [5.41, 5.74) is 9.23. The number of halogens is 1. The van der Waals surface area contributed by atoms with Gasteiger partial charge in [0.2, 0.25) is 0 Å². The number of rotatable bonds is 5. The third kappa shape index (κ3) is 5.23. The van der Waals surface area contributed by atoms with E-state index in [1.54, 1.807) is 6.82 Å². The van der Waals surface area contributed by atoms with Gasteiger partial charge in [0.1, 0.15) is 0 Å². The van der Waals surface area contributed by atoms with Gasteiger partial charge in [0, 0.05) is 42.5 Å². The van der Waals surface area contributed by atoms with Crippen molar-refractivity contribution in [3.63, 3.8) is 0 Å². The molecule has 4 rings (SSSR count). The standard InChI is InChI=1S/C25H33BClN3O/c1-4-22(29-26(3)31)16-30-11-9-18(10-12-30)24-23-8-7-21(27)14-19(23)5-6-20-13-17(2)15-28-25(20)24/h7-8,13-15,22,29,31H,4-6,9-12,16H2,1-3H3. The van der Waals surface area contributed by atoms with Crippen LogP contribution < -0.4 is 5.23 Å². The van der Waals surface area contributed by atoms with E-state index in [0.29, 0.717) is 6.04 Å². The molecule has 1 aromatic heterocycles. The fraction of sp³-hybridized carbons (Fsp3) is 0.480. The van der Waals surface area contributed by atoms with Gasteiger partial charge in [-0.25, -0.2) is 0 Å². The molecule has 4 nitrogen and oxygen atoms in total. The van der Waals surface area contributed by atoms with E-state index in [1.807, 2.05) is 12.3 Å². The lowest BCUT2D eigenvalue weighted by atomic mass is 9.86. The molecule has 0 radical (unpaired) electrons. The Hall–Kier alpha value is -1.66. The van der Waals surface area contributed by atoms with E-state index in [9.17, 15) is 5.02 Å². The van der Waals surface area contributed by atoms with Gasteiger partial charge in [-0.2, -0.15) is 0 Å². The number of aryl methyl sites for hydroxylation is 3. The average molecular weight is 438 g/mol. The fourth-order valence-electron chi connectivity index (χ4n) is 5.02. The van der Waals surface area contributed by atoms with Crippen LogP contribution in [0.15, 0.2) is 36.0 Å². The Kier molecular flexibility index (Phi) is 7.17. The number of fused-ring (bicyclic) bond motifs is 2. The Morgan fingerprint density at radius 1 is 1.16 bits per heavy atom. The molecule has 31 heavy (non-hydrogen) atoms. The quantitative estimate of drug-likeness (QED) is 0.675. The lowest BCUT2D eigenvalue weighted by Crippen LogP contribution is -2.47. The summed E-state index contributed by atoms with van der Waals surface area (Å²) in [5, 5.41) is 13.8. The molecule has 6 heteroatoms. The second-order valence-electron chi connectivity index (χ2n) is 9.05. The molecule has 0 spiro atoms. The zero-order valence-electron chi connectivity index (χ0n) is 18.9. The predicted molar refractivity (Wildman–Crippen MR) is 131 cm³/mol. The minimum atomic E-state index is -0.465. The molecule has 1 aliphatic heterocycles. The molecule has 1 aliphatic carbocycles. The summed E-state index contributed by atoms with van der Waals surface area (Å²) in [6, 6.07) is 8.98. The molecule has 2 aliphatic rings. The Morgan fingerprint density at radius 3 is 2.61 bits per heavy atom. The minimum absolute atomic E-state index is 0.320. The summed E-state index contributed by atoms with van der Waals surface area (Å²) in [4.78, 5) is 7.45. The van der Waals surface area contributed by atoms with Crippen LogP contribution in [0.4, 0.5) is 0 Å². The van der Waals surface area contributed by atoms with Crippen LogP contribution in [-0.2, 0) is 12.8 Å². The summed E-state index contributed by atoms with van der Waals surface area (Å²) >= 11 is 6.36. The highest BCUT2D eigenvalue weighted by Crippen LogP contribution is 2.38. The third-order valence-electron chi connectivity index (χ3n) is 6.60. The number of aromatic nitrogens is 1. The van der Waals surface area contributed by atoms with Crippen molar-refractivity contribution in [2.75, 3.05) is 19.6 Å². The van der Waals surface area contributed by atoms with Crippen LogP contribution in [0.3, 0.4) is 0 Å². The van der Waals surface area contributed by atoms with Gasteiger partial charge < -0.3 is 15.2 Å². The molecule has 1 aromatic carbocycles. The van der Waals surface area contributed by atoms with E-state index >= 15 is 0 Å². The maximum Gasteiger partial charge on any atom is 0.373 e. The molecule has 0 saturated carbocycles. The number of likely N-dealkylation sites (tertiary alicyclic amines) is 1. The van der Waals surface area contributed by atoms with Crippen LogP contribution >= 0.6 is 11.6 Å². The second kappa shape index (κ2) is 9.87. The summed E-state index contributed by atoms with van der Waals surface area (Å²) in [6.07, 6.45) is 7.13. The van der Waals surface area contributed by atoms with Crippen molar-refractivity contribution in [2.24, 2.45) is 0 Å². The zero-order valence-corrected chi connectivity index (χ0v) is 19.7. The van der Waals surface area contributed by atoms with Crippen LogP contribution in [-0.4, -0.2) is 47.6 Å². The Balaban J connectivity index is 1.64. The highest BCUT2D eigenvalue weighted by atomic mass is 35.5. The summed E-state index contributed by atoms with van der Waals surface area (Å²) < 4.78 is 0. The van der Waals surface area contributed by atoms with E-state index in [4.69, 9.17) is 16.6 Å². The molecule has 1 unspecified atom stereocenters. The zero-order chi connectivity index (χ0) is 22.0. The average Bonchev–Trinajstić information content (AvgIpc) is 2.90. The highest BCUT2D eigenvalue weighted by molar-refractivity contribution is 6.45. The third-order valence-corrected chi connectivity index (χ3v) is 6.84. The van der Waals surface area contributed by atoms with Gasteiger partial charge in [-0.15, -0.1) is 0 Å². The summed E-state index contributed by atoms with van der Waals surface area (Å²) in [7, 11) is -0.465. The lowest BCUT2D eigenvalue weighted by Gasteiger charge is -2.33. The lowest BCUT2D eigenvalue weighted by molar-refractivity contribution is 0.232. The van der Waals surface area contributed by atoms with Crippen LogP contribution in [0.1, 0.15) is 54.1 Å². The number of nitrogens with one attached hydrogen (secondary N) is 1. The van der Waals surface area contributed by atoms with Crippen LogP contribution in [0.2, 0.25) is 11.8 Å². The van der Waals surface area contributed by atoms with Crippen molar-refractivity contribution < 1.29 is 5.02 Å². The van der Waals surface area contributed by atoms with Gasteiger partial charge in [-0.1, -0.05) is 36.2 Å². The van der Waals surface area contributed by atoms with E-state index in [0.717, 1.165) is 62.5 Å². The van der Waals surface area contributed by atoms with E-state index in [1.165, 1.54) is 33.4 Å². The SMILES string of the molecule is CCC(CN1CCC(=C2c3ccc(Cl)cc3CCc3cc(C)cnc32)CC1)NB(C)O. The van der Waals surface area contributed by atoms with Crippen molar-refractivity contribution >= 4 is 24.2 Å². The molecule has 164 valence electrons. The monoisotopic (exact) mass is 437 g/mol. The van der Waals surface area contributed by atoms with E-state index in [-0.39, 0.29) is 0 Å². The molecule has 1 atom stereocenters. The van der Waals surface area contributed by atoms with Crippen molar-refractivity contribution in [3.05, 3.63) is 69.0 Å². The fourth-order valence-corrected chi connectivity index (χ4v) is 5.22. The van der Waals surface area contributed by atoms with Crippen LogP contribution in [0.5, 0.6) is 0 Å². The molecule has 2 aromatic rings. The van der Waals surface area contributed by atoms with Gasteiger partial charge in [-0.05, 0) is 80.2 Å². The van der Waals surface area contributed by atoms with Crippen LogP contribution in [0, 0.1) is 6.92 Å². The number of hydrogen-bond acceptors (Lipinski definition) is 4. The maximum atomic E-state index is 9.69. The summed E-state index contributed by atoms with van der Waals surface area (Å²) in [5.74, 6) is 0. The van der Waals surface area contributed by atoms with E-state index in [2.05, 4.69) is 42.2 Å². The number of hydrogen-bond donors (Lipinski definition) is 2. The first-order valence-electron chi connectivity index (χ1n) is 11.6. The predicted octanol–water partition coefficient (Wildman–Crippen LogP) is 4.52. The first-order valence-corrected chi connectivity index (χ1v) is 12.0. The molecule has 0 bridgehead atoms. The molecule has 2 heterocycles. The molecule has 1 fully saturated rings. The van der Waals surface area contributed by atoms with Crippen LogP contribution in [0.25, 0.3) is 5.57 Å². The molecular weight excluding hydrogens is 405 g/mol. The number of benzene rings is 1. The number of nitrogens with zero attached hydrogens (tertiary/aromatic N) is 2. The summed E-state index contributed by atoms with van der Waals surface area (Å²) in [6.45, 7) is 9.16. The van der Waals surface area contributed by atoms with E-state index < -0.39 is 7.05 Å². The Morgan fingerprint density at radius 2 is 1.90 bits per heavy atom. The largest absolute Gasteiger partial charge is 0.437 e.